The molecule has 0 aromatic carbocycles. The second kappa shape index (κ2) is 5.86. The van der Waals surface area contributed by atoms with Crippen LogP contribution in [0, 0.1) is 5.92 Å². The molecule has 1 saturated heterocycles. The summed E-state index contributed by atoms with van der Waals surface area (Å²) in [4.78, 5) is 12.7. The first-order valence-electron chi connectivity index (χ1n) is 5.56. The van der Waals surface area contributed by atoms with Gasteiger partial charge >= 0.3 is 5.97 Å². The number of nitrogens with zero attached hydrogens (tertiary/aromatic N) is 1. The first-order valence-corrected chi connectivity index (χ1v) is 5.56. The third-order valence-electron chi connectivity index (χ3n) is 3.02. The van der Waals surface area contributed by atoms with E-state index in [0.717, 1.165) is 25.9 Å². The predicted molar refractivity (Wildman–Crippen MR) is 61.2 cm³/mol. The van der Waals surface area contributed by atoms with Crippen LogP contribution in [0.15, 0.2) is 12.3 Å². The van der Waals surface area contributed by atoms with Crippen LogP contribution in [0.25, 0.3) is 0 Å². The summed E-state index contributed by atoms with van der Waals surface area (Å²) in [6.07, 6.45) is 2.42. The minimum absolute atomic E-state index is 0.181. The normalized spacial score (nSPS) is 20.6. The summed E-state index contributed by atoms with van der Waals surface area (Å²) in [5, 5.41) is 17.8. The summed E-state index contributed by atoms with van der Waals surface area (Å²) in [5.41, 5.74) is 5.50. The van der Waals surface area contributed by atoms with Crippen LogP contribution in [0.3, 0.4) is 0 Å². The molecule has 0 aromatic heterocycles. The van der Waals surface area contributed by atoms with Crippen LogP contribution >= 0.6 is 0 Å². The van der Waals surface area contributed by atoms with E-state index in [-0.39, 0.29) is 5.76 Å². The molecule has 1 heterocycles. The molecule has 0 aliphatic carbocycles. The van der Waals surface area contributed by atoms with E-state index in [4.69, 9.17) is 15.9 Å². The second-order valence-corrected chi connectivity index (χ2v) is 4.47. The van der Waals surface area contributed by atoms with Crippen molar-refractivity contribution < 1.29 is 15.0 Å². The van der Waals surface area contributed by atoms with Gasteiger partial charge in [-0.1, -0.05) is 6.58 Å². The fourth-order valence-electron chi connectivity index (χ4n) is 2.10. The number of piperidine rings is 1. The van der Waals surface area contributed by atoms with Gasteiger partial charge in [0.05, 0.1) is 12.3 Å². The second-order valence-electron chi connectivity index (χ2n) is 4.47. The summed E-state index contributed by atoms with van der Waals surface area (Å²) < 4.78 is 0. The van der Waals surface area contributed by atoms with E-state index in [0.29, 0.717) is 18.9 Å². The smallest absolute Gasteiger partial charge is 0.320 e. The Morgan fingerprint density at radius 1 is 1.44 bits per heavy atom. The lowest BCUT2D eigenvalue weighted by molar-refractivity contribution is -0.139. The molecule has 0 bridgehead atoms. The highest BCUT2D eigenvalue weighted by Crippen LogP contribution is 2.21. The van der Waals surface area contributed by atoms with Gasteiger partial charge in [0.2, 0.25) is 0 Å². The Hall–Kier alpha value is -1.07. The molecule has 0 saturated carbocycles. The highest BCUT2D eigenvalue weighted by molar-refractivity contribution is 5.73. The monoisotopic (exact) mass is 228 g/mol. The maximum Gasteiger partial charge on any atom is 0.320 e. The zero-order chi connectivity index (χ0) is 12.1. The van der Waals surface area contributed by atoms with Crippen LogP contribution in [-0.2, 0) is 4.79 Å². The molecular weight excluding hydrogens is 208 g/mol. The van der Waals surface area contributed by atoms with Gasteiger partial charge in [-0.3, -0.25) is 9.69 Å². The van der Waals surface area contributed by atoms with E-state index in [1.165, 1.54) is 0 Å². The molecule has 4 N–H and O–H groups in total. The first kappa shape index (κ1) is 13.0. The van der Waals surface area contributed by atoms with Crippen molar-refractivity contribution in [2.45, 2.75) is 25.3 Å². The number of hydrogen-bond donors (Lipinski definition) is 3. The molecule has 1 atom stereocenters. The van der Waals surface area contributed by atoms with Crippen molar-refractivity contribution in [2.24, 2.45) is 11.7 Å². The van der Waals surface area contributed by atoms with Gasteiger partial charge in [-0.15, -0.1) is 0 Å². The number of rotatable bonds is 5. The number of carboxylic acid groups (broad SMARTS) is 1. The molecule has 1 rings (SSSR count). The molecule has 92 valence electrons. The highest BCUT2D eigenvalue weighted by atomic mass is 16.4. The Morgan fingerprint density at radius 3 is 2.44 bits per heavy atom. The summed E-state index contributed by atoms with van der Waals surface area (Å²) >= 11 is 0. The van der Waals surface area contributed by atoms with Gasteiger partial charge in [0, 0.05) is 0 Å². The number of carbonyl (C=O) groups is 1. The Kier molecular flexibility index (Phi) is 4.76. The zero-order valence-corrected chi connectivity index (χ0v) is 9.43. The largest absolute Gasteiger partial charge is 0.512 e. The number of nitrogens with two attached hydrogens (primary N) is 1. The molecule has 1 fully saturated rings. The van der Waals surface area contributed by atoms with Gasteiger partial charge in [-0.2, -0.15) is 0 Å². The average Bonchev–Trinajstić information content (AvgIpc) is 2.20. The quantitative estimate of drug-likeness (QED) is 0.599. The number of hydrogen-bond acceptors (Lipinski definition) is 4. The fraction of sp³-hybridized carbons (Fsp3) is 0.727. The van der Waals surface area contributed by atoms with E-state index in [2.05, 4.69) is 11.5 Å². The third kappa shape index (κ3) is 4.20. The summed E-state index contributed by atoms with van der Waals surface area (Å²) in [6, 6.07) is -0.746. The van der Waals surface area contributed by atoms with E-state index in [9.17, 15) is 4.79 Å². The molecule has 0 radical (unpaired) electrons. The summed E-state index contributed by atoms with van der Waals surface area (Å²) in [5.74, 6) is -0.360. The first-order chi connectivity index (χ1) is 7.49. The standard InChI is InChI=1S/C11H20N2O3/c1-8(14)7-13-4-2-9(3-5-13)6-10(12)11(15)16/h9-10,14H,1-7,12H2,(H,15,16)/t10-/m1/s1. The van der Waals surface area contributed by atoms with Gasteiger partial charge in [-0.05, 0) is 38.3 Å². The van der Waals surface area contributed by atoms with Gasteiger partial charge in [0.25, 0.3) is 0 Å². The maximum atomic E-state index is 10.6. The minimum atomic E-state index is -0.925. The Morgan fingerprint density at radius 2 is 2.00 bits per heavy atom. The lowest BCUT2D eigenvalue weighted by Crippen LogP contribution is -2.39. The minimum Gasteiger partial charge on any atom is -0.512 e. The molecule has 0 unspecified atom stereocenters. The molecular formula is C11H20N2O3. The number of carboxylic acids is 1. The number of likely N-dealkylation sites (tertiary alicyclic amines) is 1. The van der Waals surface area contributed by atoms with Crippen molar-refractivity contribution in [2.75, 3.05) is 19.6 Å². The zero-order valence-electron chi connectivity index (χ0n) is 9.43. The Bertz CT molecular complexity index is 260. The molecule has 16 heavy (non-hydrogen) atoms. The van der Waals surface area contributed by atoms with Gasteiger partial charge in [-0.25, -0.2) is 0 Å². The average molecular weight is 228 g/mol. The number of aliphatic hydroxyl groups excluding tert-OH is 1. The fourth-order valence-corrected chi connectivity index (χ4v) is 2.10. The summed E-state index contributed by atoms with van der Waals surface area (Å²) in [7, 11) is 0. The van der Waals surface area contributed by atoms with Crippen LogP contribution in [0.5, 0.6) is 0 Å². The van der Waals surface area contributed by atoms with E-state index >= 15 is 0 Å². The Labute approximate surface area is 95.5 Å². The number of aliphatic carboxylic acids is 1. The third-order valence-corrected chi connectivity index (χ3v) is 3.02. The van der Waals surface area contributed by atoms with Crippen LogP contribution in [0.1, 0.15) is 19.3 Å². The summed E-state index contributed by atoms with van der Waals surface area (Å²) in [6.45, 7) is 5.71. The van der Waals surface area contributed by atoms with E-state index in [1.807, 2.05) is 0 Å². The van der Waals surface area contributed by atoms with Crippen molar-refractivity contribution in [3.63, 3.8) is 0 Å². The lowest BCUT2D eigenvalue weighted by Gasteiger charge is -2.32. The predicted octanol–water partition coefficient (Wildman–Crippen LogP) is 0.572. The molecule has 5 nitrogen and oxygen atoms in total. The van der Waals surface area contributed by atoms with Gasteiger partial charge in [0.1, 0.15) is 6.04 Å². The SMILES string of the molecule is C=C(O)CN1CCC(C[C@@H](N)C(=O)O)CC1. The lowest BCUT2D eigenvalue weighted by atomic mass is 9.90. The highest BCUT2D eigenvalue weighted by Gasteiger charge is 2.23. The van der Waals surface area contributed by atoms with Gasteiger partial charge in [0.15, 0.2) is 0 Å². The van der Waals surface area contributed by atoms with Crippen molar-refractivity contribution in [3.05, 3.63) is 12.3 Å². The van der Waals surface area contributed by atoms with Crippen LogP contribution in [0.2, 0.25) is 0 Å². The Balaban J connectivity index is 2.26. The molecule has 1 aliphatic heterocycles. The van der Waals surface area contributed by atoms with Gasteiger partial charge < -0.3 is 15.9 Å². The molecule has 1 aliphatic rings. The van der Waals surface area contributed by atoms with E-state index < -0.39 is 12.0 Å². The number of aliphatic hydroxyl groups is 1. The van der Waals surface area contributed by atoms with E-state index in [1.54, 1.807) is 0 Å². The van der Waals surface area contributed by atoms with Crippen molar-refractivity contribution >= 4 is 5.97 Å². The van der Waals surface area contributed by atoms with Crippen molar-refractivity contribution in [1.29, 1.82) is 0 Å². The van der Waals surface area contributed by atoms with Crippen molar-refractivity contribution in [1.82, 2.24) is 4.90 Å². The topological polar surface area (TPSA) is 86.8 Å². The maximum absolute atomic E-state index is 10.6. The van der Waals surface area contributed by atoms with Crippen LogP contribution in [0.4, 0.5) is 0 Å². The molecule has 0 aromatic rings. The van der Waals surface area contributed by atoms with Crippen LogP contribution < -0.4 is 5.73 Å². The van der Waals surface area contributed by atoms with Crippen molar-refractivity contribution in [3.8, 4) is 0 Å². The molecule has 0 amide bonds. The molecule has 0 spiro atoms. The molecule has 5 heteroatoms. The van der Waals surface area contributed by atoms with Crippen LogP contribution in [-0.4, -0.2) is 46.8 Å².